The number of pyridine rings is 1. The van der Waals surface area contributed by atoms with Gasteiger partial charge in [0.1, 0.15) is 5.82 Å². The van der Waals surface area contributed by atoms with Crippen molar-refractivity contribution in [2.75, 3.05) is 17.6 Å². The number of hydrogen-bond donors (Lipinski definition) is 3. The van der Waals surface area contributed by atoms with E-state index in [0.717, 1.165) is 47.0 Å². The molecule has 4 N–H and O–H groups in total. The molecule has 98 valence electrons. The molecule has 3 rings (SSSR count). The van der Waals surface area contributed by atoms with Crippen LogP contribution in [0.2, 0.25) is 0 Å². The average Bonchev–Trinajstić information content (AvgIpc) is 2.82. The van der Waals surface area contributed by atoms with Crippen molar-refractivity contribution in [3.05, 3.63) is 24.3 Å². The highest BCUT2D eigenvalue weighted by molar-refractivity contribution is 6.11. The molecule has 0 unspecified atom stereocenters. The minimum Gasteiger partial charge on any atom is -0.382 e. The van der Waals surface area contributed by atoms with Crippen LogP contribution in [0.15, 0.2) is 24.3 Å². The number of aromatic nitrogens is 3. The first-order valence-corrected chi connectivity index (χ1v) is 6.57. The van der Waals surface area contributed by atoms with Crippen molar-refractivity contribution >= 4 is 33.4 Å². The predicted octanol–water partition coefficient (Wildman–Crippen LogP) is 2.91. The number of fused-ring (bicyclic) bond motifs is 3. The van der Waals surface area contributed by atoms with E-state index in [2.05, 4.69) is 27.4 Å². The van der Waals surface area contributed by atoms with Gasteiger partial charge < -0.3 is 11.1 Å². The van der Waals surface area contributed by atoms with E-state index in [1.165, 1.54) is 0 Å². The Morgan fingerprint density at radius 1 is 1.32 bits per heavy atom. The number of anilines is 2. The van der Waals surface area contributed by atoms with E-state index in [4.69, 9.17) is 5.73 Å². The summed E-state index contributed by atoms with van der Waals surface area (Å²) in [6.45, 7) is 3.05. The summed E-state index contributed by atoms with van der Waals surface area (Å²) >= 11 is 0. The molecule has 0 bridgehead atoms. The Morgan fingerprint density at radius 3 is 3.00 bits per heavy atom. The van der Waals surface area contributed by atoms with Gasteiger partial charge in [-0.3, -0.25) is 5.10 Å². The lowest BCUT2D eigenvalue weighted by molar-refractivity contribution is 0.832. The van der Waals surface area contributed by atoms with Crippen molar-refractivity contribution < 1.29 is 0 Å². The first kappa shape index (κ1) is 11.8. The van der Waals surface area contributed by atoms with Crippen molar-refractivity contribution in [2.45, 2.75) is 19.8 Å². The molecule has 5 nitrogen and oxygen atoms in total. The molecule has 1 aromatic carbocycles. The van der Waals surface area contributed by atoms with E-state index in [1.54, 1.807) is 0 Å². The normalized spacial score (nSPS) is 11.2. The highest BCUT2D eigenvalue weighted by atomic mass is 15.2. The van der Waals surface area contributed by atoms with Gasteiger partial charge in [-0.15, -0.1) is 0 Å². The van der Waals surface area contributed by atoms with Crippen molar-refractivity contribution in [2.24, 2.45) is 0 Å². The van der Waals surface area contributed by atoms with Crippen LogP contribution in [0.1, 0.15) is 19.8 Å². The van der Waals surface area contributed by atoms with E-state index in [1.807, 2.05) is 24.3 Å². The van der Waals surface area contributed by atoms with Crippen molar-refractivity contribution in [3.8, 4) is 0 Å². The molecule has 0 radical (unpaired) electrons. The predicted molar refractivity (Wildman–Crippen MR) is 79.2 cm³/mol. The maximum Gasteiger partial charge on any atom is 0.156 e. The molecule has 0 spiro atoms. The number of hydrogen-bond acceptors (Lipinski definition) is 4. The molecule has 0 atom stereocenters. The van der Waals surface area contributed by atoms with Crippen LogP contribution >= 0.6 is 0 Å². The summed E-state index contributed by atoms with van der Waals surface area (Å²) in [5.41, 5.74) is 7.84. The second-order valence-corrected chi connectivity index (χ2v) is 4.62. The summed E-state index contributed by atoms with van der Waals surface area (Å²) in [5.74, 6) is 1.31. The lowest BCUT2D eigenvalue weighted by Crippen LogP contribution is -2.04. The van der Waals surface area contributed by atoms with Crippen molar-refractivity contribution in [1.29, 1.82) is 0 Å². The summed E-state index contributed by atoms with van der Waals surface area (Å²) in [5, 5.41) is 12.4. The molecule has 3 aromatic rings. The number of benzene rings is 1. The van der Waals surface area contributed by atoms with Gasteiger partial charge in [0, 0.05) is 11.9 Å². The van der Waals surface area contributed by atoms with Crippen LogP contribution in [-0.2, 0) is 0 Å². The lowest BCUT2D eigenvalue weighted by atomic mass is 10.1. The summed E-state index contributed by atoms with van der Waals surface area (Å²) < 4.78 is 0. The summed E-state index contributed by atoms with van der Waals surface area (Å²) in [7, 11) is 0. The Balaban J connectivity index is 2.19. The SMILES string of the molecule is CCCCNc1nc2ccccc2c2[nH]nc(N)c12. The van der Waals surface area contributed by atoms with Gasteiger partial charge in [0.2, 0.25) is 0 Å². The molecule has 0 aliphatic rings. The van der Waals surface area contributed by atoms with Crippen LogP contribution < -0.4 is 11.1 Å². The number of nitrogen functional groups attached to an aromatic ring is 1. The quantitative estimate of drug-likeness (QED) is 0.626. The van der Waals surface area contributed by atoms with E-state index in [9.17, 15) is 0 Å². The molecule has 0 amide bonds. The zero-order valence-corrected chi connectivity index (χ0v) is 10.9. The van der Waals surface area contributed by atoms with Crippen LogP contribution in [-0.4, -0.2) is 21.7 Å². The van der Waals surface area contributed by atoms with E-state index in [-0.39, 0.29) is 0 Å². The highest BCUT2D eigenvalue weighted by Crippen LogP contribution is 2.31. The third kappa shape index (κ3) is 1.97. The van der Waals surface area contributed by atoms with Gasteiger partial charge in [-0.25, -0.2) is 4.98 Å². The summed E-state index contributed by atoms with van der Waals surface area (Å²) in [6, 6.07) is 8.00. The van der Waals surface area contributed by atoms with Gasteiger partial charge in [0.05, 0.1) is 16.4 Å². The Kier molecular flexibility index (Phi) is 2.95. The topological polar surface area (TPSA) is 79.6 Å². The third-order valence-electron chi connectivity index (χ3n) is 3.26. The third-order valence-corrected chi connectivity index (χ3v) is 3.26. The van der Waals surface area contributed by atoms with Gasteiger partial charge in [-0.2, -0.15) is 5.10 Å². The smallest absolute Gasteiger partial charge is 0.156 e. The average molecular weight is 255 g/mol. The van der Waals surface area contributed by atoms with Gasteiger partial charge in [0.25, 0.3) is 0 Å². The maximum atomic E-state index is 5.95. The zero-order chi connectivity index (χ0) is 13.2. The Hall–Kier alpha value is -2.30. The minimum absolute atomic E-state index is 0.493. The number of rotatable bonds is 4. The zero-order valence-electron chi connectivity index (χ0n) is 10.9. The van der Waals surface area contributed by atoms with Crippen molar-refractivity contribution in [1.82, 2.24) is 15.2 Å². The van der Waals surface area contributed by atoms with Crippen LogP contribution in [0.5, 0.6) is 0 Å². The molecule has 0 fully saturated rings. The summed E-state index contributed by atoms with van der Waals surface area (Å²) in [4.78, 5) is 4.66. The van der Waals surface area contributed by atoms with Crippen LogP contribution in [0.25, 0.3) is 21.8 Å². The van der Waals surface area contributed by atoms with E-state index in [0.29, 0.717) is 5.82 Å². The number of nitrogens with one attached hydrogen (secondary N) is 2. The van der Waals surface area contributed by atoms with Crippen LogP contribution in [0.4, 0.5) is 11.6 Å². The maximum absolute atomic E-state index is 5.95. The monoisotopic (exact) mass is 255 g/mol. The number of nitrogens with zero attached hydrogens (tertiary/aromatic N) is 2. The first-order valence-electron chi connectivity index (χ1n) is 6.57. The van der Waals surface area contributed by atoms with Crippen molar-refractivity contribution in [3.63, 3.8) is 0 Å². The lowest BCUT2D eigenvalue weighted by Gasteiger charge is -2.08. The second kappa shape index (κ2) is 4.76. The fraction of sp³-hybridized carbons (Fsp3) is 0.286. The van der Waals surface area contributed by atoms with Gasteiger partial charge >= 0.3 is 0 Å². The molecule has 0 aliphatic heterocycles. The largest absolute Gasteiger partial charge is 0.382 e. The number of aromatic amines is 1. The number of nitrogens with two attached hydrogens (primary N) is 1. The van der Waals surface area contributed by atoms with Gasteiger partial charge in [-0.05, 0) is 12.5 Å². The molecule has 2 heterocycles. The van der Waals surface area contributed by atoms with Crippen LogP contribution in [0.3, 0.4) is 0 Å². The molecular formula is C14H17N5. The van der Waals surface area contributed by atoms with Gasteiger partial charge in [0.15, 0.2) is 5.82 Å². The fourth-order valence-electron chi connectivity index (χ4n) is 2.26. The Bertz CT molecular complexity index is 716. The molecule has 0 saturated carbocycles. The Labute approximate surface area is 111 Å². The van der Waals surface area contributed by atoms with E-state index >= 15 is 0 Å². The minimum atomic E-state index is 0.493. The summed E-state index contributed by atoms with van der Waals surface area (Å²) in [6.07, 6.45) is 2.25. The number of unbranched alkanes of at least 4 members (excludes halogenated alkanes) is 1. The second-order valence-electron chi connectivity index (χ2n) is 4.62. The van der Waals surface area contributed by atoms with Crippen LogP contribution in [0, 0.1) is 0 Å². The fourth-order valence-corrected chi connectivity index (χ4v) is 2.26. The molecule has 19 heavy (non-hydrogen) atoms. The molecule has 2 aromatic heterocycles. The molecule has 5 heteroatoms. The standard InChI is InChI=1S/C14H17N5/c1-2-3-8-16-14-11-12(18-19-13(11)15)9-6-4-5-7-10(9)17-14/h4-7H,2-3,8H2,1H3,(H,16,17)(H3,15,18,19). The number of para-hydroxylation sites is 1. The highest BCUT2D eigenvalue weighted by Gasteiger charge is 2.13. The number of H-pyrrole nitrogens is 1. The van der Waals surface area contributed by atoms with Gasteiger partial charge in [-0.1, -0.05) is 31.5 Å². The molecular weight excluding hydrogens is 238 g/mol. The molecule has 0 aliphatic carbocycles. The van der Waals surface area contributed by atoms with E-state index < -0.39 is 0 Å². The Morgan fingerprint density at radius 2 is 2.16 bits per heavy atom. The first-order chi connectivity index (χ1) is 9.31. The molecule has 0 saturated heterocycles.